The van der Waals surface area contributed by atoms with E-state index < -0.39 is 0 Å². The summed E-state index contributed by atoms with van der Waals surface area (Å²) in [6, 6.07) is 3.30. The molecule has 1 saturated carbocycles. The quantitative estimate of drug-likeness (QED) is 0.587. The highest BCUT2D eigenvalue weighted by molar-refractivity contribution is 6.55. The third kappa shape index (κ3) is 5.03. The van der Waals surface area contributed by atoms with Crippen LogP contribution in [-0.4, -0.2) is 19.5 Å². The average molecular weight is 378 g/mol. The number of ketones is 1. The lowest BCUT2D eigenvalue weighted by Gasteiger charge is -2.22. The fraction of sp³-hybridized carbons (Fsp3) is 0.471. The van der Waals surface area contributed by atoms with Gasteiger partial charge < -0.3 is 9.47 Å². The summed E-state index contributed by atoms with van der Waals surface area (Å²) in [5.74, 6) is 0.988. The highest BCUT2D eigenvalue weighted by Crippen LogP contribution is 2.37. The number of methoxy groups -OCH3 is 1. The maximum atomic E-state index is 12.8. The molecule has 0 aromatic heterocycles. The van der Waals surface area contributed by atoms with Gasteiger partial charge >= 0.3 is 0 Å². The number of Topliss-reactive ketones (excluding diaryl/α,β-unsaturated/α-hetero) is 1. The molecule has 1 aromatic rings. The van der Waals surface area contributed by atoms with Crippen molar-refractivity contribution in [2.75, 3.05) is 13.7 Å². The van der Waals surface area contributed by atoms with Gasteiger partial charge in [0.15, 0.2) is 5.78 Å². The smallest absolute Gasteiger partial charge is 0.169 e. The highest BCUT2D eigenvalue weighted by Gasteiger charge is 2.26. The van der Waals surface area contributed by atoms with Crippen molar-refractivity contribution in [2.45, 2.75) is 32.1 Å². The Kier molecular flexibility index (Phi) is 7.07. The molecule has 23 heavy (non-hydrogen) atoms. The van der Waals surface area contributed by atoms with Crippen molar-refractivity contribution in [3.8, 4) is 11.5 Å². The van der Waals surface area contributed by atoms with Gasteiger partial charge in [-0.3, -0.25) is 4.79 Å². The van der Waals surface area contributed by atoms with Crippen molar-refractivity contribution < 1.29 is 14.3 Å². The second-order valence-corrected chi connectivity index (χ2v) is 6.90. The Hall–Kier alpha value is -0.900. The summed E-state index contributed by atoms with van der Waals surface area (Å²) in [6.07, 6.45) is 6.70. The molecule has 0 N–H and O–H groups in total. The first-order valence-corrected chi connectivity index (χ1v) is 8.72. The molecule has 0 heterocycles. The summed E-state index contributed by atoms with van der Waals surface area (Å²) in [7, 11) is 1.51. The van der Waals surface area contributed by atoms with E-state index in [0.29, 0.717) is 22.1 Å². The maximum Gasteiger partial charge on any atom is 0.169 e. The van der Waals surface area contributed by atoms with E-state index in [-0.39, 0.29) is 22.8 Å². The van der Waals surface area contributed by atoms with E-state index in [1.165, 1.54) is 19.6 Å². The van der Waals surface area contributed by atoms with E-state index >= 15 is 0 Å². The molecular formula is C17H19Cl3O3. The Morgan fingerprint density at radius 1 is 1.26 bits per heavy atom. The van der Waals surface area contributed by atoms with Gasteiger partial charge in [0.1, 0.15) is 22.6 Å². The summed E-state index contributed by atoms with van der Waals surface area (Å²) in [6.45, 7) is 0.196. The van der Waals surface area contributed by atoms with Gasteiger partial charge in [0, 0.05) is 12.0 Å². The fourth-order valence-corrected chi connectivity index (χ4v) is 3.24. The van der Waals surface area contributed by atoms with Crippen LogP contribution in [0.1, 0.15) is 42.5 Å². The molecule has 2 rings (SSSR count). The Labute approximate surface area is 151 Å². The first-order valence-electron chi connectivity index (χ1n) is 7.58. The Bertz CT molecular complexity index is 589. The fourth-order valence-electron chi connectivity index (χ4n) is 2.83. The second kappa shape index (κ2) is 8.81. The lowest BCUT2D eigenvalue weighted by molar-refractivity contribution is 0.0886. The van der Waals surface area contributed by atoms with Crippen molar-refractivity contribution >= 4 is 40.6 Å². The van der Waals surface area contributed by atoms with E-state index in [1.54, 1.807) is 12.1 Å². The Morgan fingerprint density at radius 3 is 2.57 bits per heavy atom. The standard InChI is InChI=1S/C17H19Cl3O3/c1-22-17-13(16(21)11-5-3-2-4-6-11)9-12(10-14(17)18)23-8-7-15(19)20/h7,9-11H,2-6,8H2,1H3. The van der Waals surface area contributed by atoms with E-state index in [0.717, 1.165) is 25.7 Å². The van der Waals surface area contributed by atoms with Gasteiger partial charge in [-0.15, -0.1) is 0 Å². The van der Waals surface area contributed by atoms with Crippen LogP contribution >= 0.6 is 34.8 Å². The average Bonchev–Trinajstić information content (AvgIpc) is 2.54. The zero-order chi connectivity index (χ0) is 16.8. The number of hydrogen-bond acceptors (Lipinski definition) is 3. The van der Waals surface area contributed by atoms with Gasteiger partial charge in [-0.1, -0.05) is 54.1 Å². The molecule has 1 fully saturated rings. The molecule has 0 bridgehead atoms. The van der Waals surface area contributed by atoms with Crippen molar-refractivity contribution in [1.82, 2.24) is 0 Å². The first kappa shape index (κ1) is 18.4. The highest BCUT2D eigenvalue weighted by atomic mass is 35.5. The third-order valence-electron chi connectivity index (χ3n) is 3.95. The molecule has 6 heteroatoms. The molecule has 126 valence electrons. The summed E-state index contributed by atoms with van der Waals surface area (Å²) in [5.41, 5.74) is 0.475. The van der Waals surface area contributed by atoms with Crippen molar-refractivity contribution in [3.63, 3.8) is 0 Å². The maximum absolute atomic E-state index is 12.8. The molecule has 0 amide bonds. The summed E-state index contributed by atoms with van der Waals surface area (Å²) >= 11 is 17.3. The van der Waals surface area contributed by atoms with Crippen LogP contribution in [0.3, 0.4) is 0 Å². The van der Waals surface area contributed by atoms with Crippen molar-refractivity contribution in [1.29, 1.82) is 0 Å². The zero-order valence-electron chi connectivity index (χ0n) is 12.9. The van der Waals surface area contributed by atoms with Crippen LogP contribution < -0.4 is 9.47 Å². The Morgan fingerprint density at radius 2 is 1.96 bits per heavy atom. The minimum absolute atomic E-state index is 0.0288. The number of halogens is 3. The summed E-state index contributed by atoms with van der Waals surface area (Å²) < 4.78 is 11.0. The van der Waals surface area contributed by atoms with Crippen LogP contribution in [-0.2, 0) is 0 Å². The number of hydrogen-bond donors (Lipinski definition) is 0. The normalized spacial score (nSPS) is 15.1. The van der Waals surface area contributed by atoms with Crippen LogP contribution in [0, 0.1) is 5.92 Å². The molecule has 0 spiro atoms. The van der Waals surface area contributed by atoms with Crippen molar-refractivity contribution in [2.24, 2.45) is 5.92 Å². The van der Waals surface area contributed by atoms with Crippen LogP contribution in [0.15, 0.2) is 22.7 Å². The predicted molar refractivity (Wildman–Crippen MR) is 94.2 cm³/mol. The second-order valence-electron chi connectivity index (χ2n) is 5.49. The Balaban J connectivity index is 2.26. The van der Waals surface area contributed by atoms with Gasteiger partial charge in [-0.2, -0.15) is 0 Å². The number of rotatable bonds is 6. The minimum atomic E-state index is 0.0288. The SMILES string of the molecule is COc1c(Cl)cc(OCC=C(Cl)Cl)cc1C(=O)C1CCCCC1. The van der Waals surface area contributed by atoms with Gasteiger partial charge in [0.05, 0.1) is 17.7 Å². The topological polar surface area (TPSA) is 35.5 Å². The van der Waals surface area contributed by atoms with E-state index in [2.05, 4.69) is 0 Å². The number of benzene rings is 1. The molecule has 1 aromatic carbocycles. The van der Waals surface area contributed by atoms with Gasteiger partial charge in [0.2, 0.25) is 0 Å². The number of carbonyl (C=O) groups is 1. The van der Waals surface area contributed by atoms with Gasteiger partial charge in [-0.05, 0) is 25.0 Å². The van der Waals surface area contributed by atoms with E-state index in [1.807, 2.05) is 0 Å². The molecule has 0 unspecified atom stereocenters. The molecular weight excluding hydrogens is 359 g/mol. The van der Waals surface area contributed by atoms with E-state index in [4.69, 9.17) is 44.3 Å². The predicted octanol–water partition coefficient (Wildman–Crippen LogP) is 5.81. The van der Waals surface area contributed by atoms with Crippen LogP contribution in [0.2, 0.25) is 5.02 Å². The molecule has 0 radical (unpaired) electrons. The molecule has 1 aliphatic rings. The lowest BCUT2D eigenvalue weighted by atomic mass is 9.83. The number of carbonyl (C=O) groups excluding carboxylic acids is 1. The molecule has 3 nitrogen and oxygen atoms in total. The molecule has 0 aliphatic heterocycles. The summed E-state index contributed by atoms with van der Waals surface area (Å²) in [4.78, 5) is 12.8. The monoisotopic (exact) mass is 376 g/mol. The van der Waals surface area contributed by atoms with E-state index in [9.17, 15) is 4.79 Å². The number of ether oxygens (including phenoxy) is 2. The zero-order valence-corrected chi connectivity index (χ0v) is 15.2. The summed E-state index contributed by atoms with van der Waals surface area (Å²) in [5, 5.41) is 0.352. The first-order chi connectivity index (χ1) is 11.0. The van der Waals surface area contributed by atoms with Gasteiger partial charge in [0.25, 0.3) is 0 Å². The van der Waals surface area contributed by atoms with Crippen LogP contribution in [0.5, 0.6) is 11.5 Å². The van der Waals surface area contributed by atoms with Crippen LogP contribution in [0.25, 0.3) is 0 Å². The molecule has 1 aliphatic carbocycles. The van der Waals surface area contributed by atoms with Gasteiger partial charge in [-0.25, -0.2) is 0 Å². The molecule has 0 atom stereocenters. The lowest BCUT2D eigenvalue weighted by Crippen LogP contribution is -2.18. The largest absolute Gasteiger partial charge is 0.494 e. The minimum Gasteiger partial charge on any atom is -0.494 e. The molecule has 0 saturated heterocycles. The van der Waals surface area contributed by atoms with Crippen molar-refractivity contribution in [3.05, 3.63) is 33.3 Å². The third-order valence-corrected chi connectivity index (χ3v) is 4.54. The van der Waals surface area contributed by atoms with Crippen LogP contribution in [0.4, 0.5) is 0 Å².